The zero-order chi connectivity index (χ0) is 19.8. The van der Waals surface area contributed by atoms with E-state index in [0.29, 0.717) is 17.8 Å². The third-order valence-electron chi connectivity index (χ3n) is 5.21. The summed E-state index contributed by atoms with van der Waals surface area (Å²) in [7, 11) is 1.84. The summed E-state index contributed by atoms with van der Waals surface area (Å²) in [6.45, 7) is 4.08. The number of halogens is 2. The minimum absolute atomic E-state index is 0.0184. The van der Waals surface area contributed by atoms with Gasteiger partial charge >= 0.3 is 0 Å². The number of imidazole rings is 1. The Morgan fingerprint density at radius 1 is 1.41 bits per heavy atom. The topological polar surface area (TPSA) is 65.1 Å². The van der Waals surface area contributed by atoms with Gasteiger partial charge in [0.15, 0.2) is 0 Å². The van der Waals surface area contributed by atoms with E-state index >= 15 is 0 Å². The first kappa shape index (κ1) is 19.1. The largest absolute Gasteiger partial charge is 0.387 e. The smallest absolute Gasteiger partial charge is 0.265 e. The van der Waals surface area contributed by atoms with Crippen molar-refractivity contribution in [3.63, 3.8) is 0 Å². The molecule has 142 valence electrons. The van der Waals surface area contributed by atoms with Crippen LogP contribution < -0.4 is 4.90 Å². The van der Waals surface area contributed by atoms with Crippen molar-refractivity contribution in [3.05, 3.63) is 54.1 Å². The van der Waals surface area contributed by atoms with Gasteiger partial charge in [0.1, 0.15) is 0 Å². The molecular weight excluding hydrogens is 350 g/mol. The lowest BCUT2D eigenvalue weighted by Crippen LogP contribution is -2.47. The Hall–Kier alpha value is -2.72. The van der Waals surface area contributed by atoms with Crippen LogP contribution in [0, 0.1) is 16.7 Å². The van der Waals surface area contributed by atoms with Crippen LogP contribution in [0.15, 0.2) is 43.0 Å². The van der Waals surface area contributed by atoms with Gasteiger partial charge in [0.25, 0.3) is 6.43 Å². The first-order chi connectivity index (χ1) is 12.7. The van der Waals surface area contributed by atoms with E-state index < -0.39 is 12.5 Å². The van der Waals surface area contributed by atoms with Gasteiger partial charge in [-0.05, 0) is 36.1 Å². The molecule has 0 saturated carbocycles. The predicted octanol–water partition coefficient (Wildman–Crippen LogP) is 3.83. The van der Waals surface area contributed by atoms with Crippen molar-refractivity contribution >= 4 is 11.4 Å². The van der Waals surface area contributed by atoms with E-state index in [1.807, 2.05) is 37.9 Å². The number of benzene rings is 1. The Kier molecular flexibility index (Phi) is 5.03. The van der Waals surface area contributed by atoms with Crippen molar-refractivity contribution in [1.29, 1.82) is 5.26 Å². The summed E-state index contributed by atoms with van der Waals surface area (Å²) in [5, 5.41) is 19.6. The van der Waals surface area contributed by atoms with E-state index in [9.17, 15) is 13.9 Å². The molecule has 2 aromatic rings. The Balaban J connectivity index is 2.03. The summed E-state index contributed by atoms with van der Waals surface area (Å²) in [5.41, 5.74) is 0.729. The lowest BCUT2D eigenvalue weighted by atomic mass is 9.73. The van der Waals surface area contributed by atoms with Gasteiger partial charge in [0, 0.05) is 30.7 Å². The highest BCUT2D eigenvalue weighted by molar-refractivity contribution is 5.59. The minimum atomic E-state index is -2.72. The van der Waals surface area contributed by atoms with Crippen molar-refractivity contribution in [2.24, 2.45) is 5.41 Å². The number of nitriles is 1. The third kappa shape index (κ3) is 3.58. The first-order valence-corrected chi connectivity index (χ1v) is 8.67. The normalized spacial score (nSPS) is 21.6. The van der Waals surface area contributed by atoms with E-state index in [2.05, 4.69) is 4.98 Å². The standard InChI is InChI=1S/C20H22F2N4O/c1-20(2)10-17(27)16(26-7-6-24-12-26)9-18(20)25(3)14-5-4-13(11-23)15(8-14)19(21)22/h4-9,12,17-19,27H,10H2,1-3H3/t17-,18+/m0/s1. The number of alkyl halides is 2. The molecule has 1 aliphatic carbocycles. The minimum Gasteiger partial charge on any atom is -0.387 e. The molecule has 1 aliphatic rings. The number of rotatable bonds is 4. The molecule has 5 nitrogen and oxygen atoms in total. The Morgan fingerprint density at radius 3 is 2.74 bits per heavy atom. The molecule has 2 atom stereocenters. The fourth-order valence-electron chi connectivity index (χ4n) is 3.74. The molecule has 1 aromatic carbocycles. The molecule has 1 aromatic heterocycles. The van der Waals surface area contributed by atoms with Crippen LogP contribution in [-0.4, -0.2) is 33.9 Å². The number of hydrogen-bond acceptors (Lipinski definition) is 4. The highest BCUT2D eigenvalue weighted by Crippen LogP contribution is 2.41. The van der Waals surface area contributed by atoms with Gasteiger partial charge in [0.05, 0.1) is 35.8 Å². The first-order valence-electron chi connectivity index (χ1n) is 8.67. The summed E-state index contributed by atoms with van der Waals surface area (Å²) >= 11 is 0. The molecule has 0 spiro atoms. The fourth-order valence-corrected chi connectivity index (χ4v) is 3.74. The van der Waals surface area contributed by atoms with E-state index in [-0.39, 0.29) is 22.6 Å². The van der Waals surface area contributed by atoms with Crippen LogP contribution in [0.2, 0.25) is 0 Å². The SMILES string of the molecule is CN(c1ccc(C#N)c(C(F)F)c1)[C@@H]1C=C(n2ccnc2)[C@@H](O)CC1(C)C. The van der Waals surface area contributed by atoms with E-state index in [4.69, 9.17) is 5.26 Å². The molecule has 0 aliphatic heterocycles. The molecule has 0 bridgehead atoms. The monoisotopic (exact) mass is 372 g/mol. The molecule has 0 saturated heterocycles. The molecular formula is C20H22F2N4O. The van der Waals surface area contributed by atoms with Crippen LogP contribution in [-0.2, 0) is 0 Å². The molecule has 3 rings (SSSR count). The molecule has 0 fully saturated rings. The molecule has 27 heavy (non-hydrogen) atoms. The van der Waals surface area contributed by atoms with Gasteiger partial charge < -0.3 is 14.6 Å². The molecule has 1 heterocycles. The van der Waals surface area contributed by atoms with Crippen molar-refractivity contribution in [2.45, 2.75) is 38.8 Å². The summed E-state index contributed by atoms with van der Waals surface area (Å²) in [4.78, 5) is 5.94. The number of nitrogens with zero attached hydrogens (tertiary/aromatic N) is 4. The fraction of sp³-hybridized carbons (Fsp3) is 0.400. The number of hydrogen-bond donors (Lipinski definition) is 1. The van der Waals surface area contributed by atoms with E-state index in [0.717, 1.165) is 0 Å². The Bertz CT molecular complexity index is 884. The second-order valence-corrected chi connectivity index (χ2v) is 7.51. The lowest BCUT2D eigenvalue weighted by Gasteiger charge is -2.45. The lowest BCUT2D eigenvalue weighted by molar-refractivity contribution is 0.134. The van der Waals surface area contributed by atoms with Crippen LogP contribution >= 0.6 is 0 Å². The average molecular weight is 372 g/mol. The van der Waals surface area contributed by atoms with Crippen molar-refractivity contribution in [1.82, 2.24) is 9.55 Å². The summed E-state index contributed by atoms with van der Waals surface area (Å²) in [5.74, 6) is 0. The quantitative estimate of drug-likeness (QED) is 0.886. The zero-order valence-electron chi connectivity index (χ0n) is 15.5. The van der Waals surface area contributed by atoms with Gasteiger partial charge in [-0.1, -0.05) is 13.8 Å². The van der Waals surface area contributed by atoms with Crippen molar-refractivity contribution < 1.29 is 13.9 Å². The van der Waals surface area contributed by atoms with Crippen LogP contribution in [0.25, 0.3) is 5.70 Å². The average Bonchev–Trinajstić information content (AvgIpc) is 3.14. The molecule has 7 heteroatoms. The number of aromatic nitrogens is 2. The summed E-state index contributed by atoms with van der Waals surface area (Å²) in [6.07, 6.45) is 4.15. The van der Waals surface area contributed by atoms with Gasteiger partial charge in [0.2, 0.25) is 0 Å². The van der Waals surface area contributed by atoms with E-state index in [1.54, 1.807) is 29.4 Å². The number of anilines is 1. The van der Waals surface area contributed by atoms with Crippen LogP contribution in [0.4, 0.5) is 14.5 Å². The van der Waals surface area contributed by atoms with Gasteiger partial charge in [-0.2, -0.15) is 5.26 Å². The van der Waals surface area contributed by atoms with Crippen molar-refractivity contribution in [2.75, 3.05) is 11.9 Å². The molecule has 0 unspecified atom stereocenters. The third-order valence-corrected chi connectivity index (χ3v) is 5.21. The van der Waals surface area contributed by atoms with Crippen LogP contribution in [0.5, 0.6) is 0 Å². The predicted molar refractivity (Wildman–Crippen MR) is 99.2 cm³/mol. The number of aliphatic hydroxyl groups excluding tert-OH is 1. The van der Waals surface area contributed by atoms with Gasteiger partial charge in [-0.15, -0.1) is 0 Å². The maximum Gasteiger partial charge on any atom is 0.265 e. The van der Waals surface area contributed by atoms with Crippen molar-refractivity contribution in [3.8, 4) is 6.07 Å². The number of likely N-dealkylation sites (N-methyl/N-ethyl adjacent to an activating group) is 1. The molecule has 0 radical (unpaired) electrons. The second-order valence-electron chi connectivity index (χ2n) is 7.51. The number of aliphatic hydroxyl groups is 1. The maximum atomic E-state index is 13.3. The zero-order valence-corrected chi connectivity index (χ0v) is 15.5. The highest BCUT2D eigenvalue weighted by Gasteiger charge is 2.39. The Morgan fingerprint density at radius 2 is 2.15 bits per heavy atom. The van der Waals surface area contributed by atoms with Gasteiger partial charge in [-0.3, -0.25) is 0 Å². The van der Waals surface area contributed by atoms with Crippen LogP contribution in [0.3, 0.4) is 0 Å². The second kappa shape index (κ2) is 7.12. The van der Waals surface area contributed by atoms with Gasteiger partial charge in [-0.25, -0.2) is 13.8 Å². The Labute approximate surface area is 157 Å². The summed E-state index contributed by atoms with van der Waals surface area (Å²) in [6, 6.07) is 6.15. The highest BCUT2D eigenvalue weighted by atomic mass is 19.3. The van der Waals surface area contributed by atoms with Crippen LogP contribution in [0.1, 0.15) is 37.8 Å². The molecule has 0 amide bonds. The van der Waals surface area contributed by atoms with E-state index in [1.165, 1.54) is 12.1 Å². The maximum absolute atomic E-state index is 13.3. The molecule has 1 N–H and O–H groups in total. The summed E-state index contributed by atoms with van der Waals surface area (Å²) < 4.78 is 28.4.